The van der Waals surface area contributed by atoms with E-state index in [4.69, 9.17) is 5.73 Å². The van der Waals surface area contributed by atoms with E-state index in [9.17, 15) is 14.7 Å². The van der Waals surface area contributed by atoms with Crippen LogP contribution < -0.4 is 21.4 Å². The van der Waals surface area contributed by atoms with Crippen molar-refractivity contribution in [3.8, 4) is 0 Å². The van der Waals surface area contributed by atoms with Crippen LogP contribution in [-0.4, -0.2) is 40.8 Å². The van der Waals surface area contributed by atoms with Gasteiger partial charge in [-0.15, -0.1) is 0 Å². The zero-order chi connectivity index (χ0) is 18.6. The minimum atomic E-state index is -1.07. The molecule has 1 saturated carbocycles. The zero-order valence-electron chi connectivity index (χ0n) is 15.0. The quantitative estimate of drug-likeness (QED) is 0.725. The number of piperazine rings is 1. The second kappa shape index (κ2) is 6.02. The number of nitrogens with one attached hydrogen (secondary N) is 1. The molecule has 2 heterocycles. The Balaban J connectivity index is 1.93. The van der Waals surface area contributed by atoms with Crippen LogP contribution in [0, 0.1) is 0 Å². The fourth-order valence-corrected chi connectivity index (χ4v) is 4.08. The number of benzene rings is 1. The van der Waals surface area contributed by atoms with Crippen molar-refractivity contribution in [2.75, 3.05) is 23.7 Å². The molecule has 2 atom stereocenters. The van der Waals surface area contributed by atoms with E-state index in [1.54, 1.807) is 10.6 Å². The Morgan fingerprint density at radius 3 is 2.42 bits per heavy atom. The highest BCUT2D eigenvalue weighted by Gasteiger charge is 2.30. The number of carboxylic acids is 1. The van der Waals surface area contributed by atoms with Crippen LogP contribution in [-0.2, 0) is 0 Å². The summed E-state index contributed by atoms with van der Waals surface area (Å²) in [5.74, 6) is -1.07. The minimum Gasteiger partial charge on any atom is -0.477 e. The van der Waals surface area contributed by atoms with E-state index in [2.05, 4.69) is 24.1 Å². The number of fused-ring (bicyclic) bond motifs is 1. The number of anilines is 2. The zero-order valence-corrected chi connectivity index (χ0v) is 15.0. The monoisotopic (exact) mass is 356 g/mol. The molecule has 1 aliphatic heterocycles. The number of nitrogens with two attached hydrogens (primary N) is 1. The van der Waals surface area contributed by atoms with Crippen molar-refractivity contribution >= 4 is 28.2 Å². The van der Waals surface area contributed by atoms with Crippen LogP contribution in [0.25, 0.3) is 10.9 Å². The molecule has 7 heteroatoms. The number of hydrogen-bond acceptors (Lipinski definition) is 5. The highest BCUT2D eigenvalue weighted by atomic mass is 16.4. The van der Waals surface area contributed by atoms with E-state index in [0.29, 0.717) is 28.7 Å². The molecule has 4 N–H and O–H groups in total. The lowest BCUT2D eigenvalue weighted by molar-refractivity contribution is 0.0684. The van der Waals surface area contributed by atoms with Crippen LogP contribution in [0.5, 0.6) is 0 Å². The van der Waals surface area contributed by atoms with Crippen LogP contribution in [0.15, 0.2) is 23.0 Å². The Bertz CT molecular complexity index is 938. The number of carboxylic acid groups (broad SMARTS) is 1. The van der Waals surface area contributed by atoms with Gasteiger partial charge in [0, 0.05) is 42.7 Å². The van der Waals surface area contributed by atoms with Crippen LogP contribution in [0.3, 0.4) is 0 Å². The minimum absolute atomic E-state index is 0.0581. The molecule has 2 unspecified atom stereocenters. The molecule has 0 spiro atoms. The maximum absolute atomic E-state index is 12.5. The molecule has 1 saturated heterocycles. The molecular weight excluding hydrogens is 332 g/mol. The van der Waals surface area contributed by atoms with E-state index in [-0.39, 0.29) is 17.2 Å². The number of aromatic nitrogens is 1. The number of pyridine rings is 1. The third-order valence-corrected chi connectivity index (χ3v) is 5.23. The fourth-order valence-electron chi connectivity index (χ4n) is 4.08. The molecule has 2 aromatic rings. The normalized spacial score (nSPS) is 23.4. The molecule has 2 fully saturated rings. The van der Waals surface area contributed by atoms with E-state index in [1.165, 1.54) is 6.07 Å². The lowest BCUT2D eigenvalue weighted by Crippen LogP contribution is -2.54. The summed E-state index contributed by atoms with van der Waals surface area (Å²) in [5, 5.41) is 13.5. The third-order valence-electron chi connectivity index (χ3n) is 5.23. The van der Waals surface area contributed by atoms with Gasteiger partial charge in [0.15, 0.2) is 5.43 Å². The van der Waals surface area contributed by atoms with Crippen molar-refractivity contribution in [1.29, 1.82) is 0 Å². The largest absolute Gasteiger partial charge is 0.477 e. The maximum Gasteiger partial charge on any atom is 0.352 e. The van der Waals surface area contributed by atoms with Crippen molar-refractivity contribution < 1.29 is 9.90 Å². The van der Waals surface area contributed by atoms with E-state index in [1.807, 2.05) is 6.07 Å². The van der Waals surface area contributed by atoms with Gasteiger partial charge in [0.1, 0.15) is 5.69 Å². The molecule has 0 amide bonds. The fraction of sp³-hybridized carbons (Fsp3) is 0.474. The Hall–Kier alpha value is -2.54. The second-order valence-corrected chi connectivity index (χ2v) is 7.60. The number of rotatable bonds is 3. The summed E-state index contributed by atoms with van der Waals surface area (Å²) in [6, 6.07) is 5.62. The van der Waals surface area contributed by atoms with Gasteiger partial charge in [-0.3, -0.25) is 4.79 Å². The lowest BCUT2D eigenvalue weighted by Gasteiger charge is -2.38. The molecular formula is C19H24N4O3. The van der Waals surface area contributed by atoms with Gasteiger partial charge in [-0.05, 0) is 38.8 Å². The maximum atomic E-state index is 12.5. The molecule has 4 rings (SSSR count). The van der Waals surface area contributed by atoms with Gasteiger partial charge in [0.05, 0.1) is 16.9 Å². The molecule has 1 aromatic carbocycles. The summed E-state index contributed by atoms with van der Waals surface area (Å²) in [5.41, 5.74) is 8.15. The van der Waals surface area contributed by atoms with Crippen molar-refractivity contribution in [1.82, 2.24) is 9.88 Å². The lowest BCUT2D eigenvalue weighted by atomic mass is 10.1. The number of hydrogen-bond donors (Lipinski definition) is 3. The summed E-state index contributed by atoms with van der Waals surface area (Å²) in [7, 11) is 0. The number of aromatic carboxylic acids is 1. The molecule has 0 radical (unpaired) electrons. The van der Waals surface area contributed by atoms with Gasteiger partial charge in [0.2, 0.25) is 0 Å². The van der Waals surface area contributed by atoms with Gasteiger partial charge in [-0.25, -0.2) is 4.79 Å². The molecule has 1 aliphatic carbocycles. The standard InChI is InChI=1S/C19H24N4O3/c1-10-8-22(9-11(2)21-10)16-6-15-13(5-14(16)20)18(24)7-17(19(25)26)23(15)12-3-4-12/h5-7,10-12,21H,3-4,8-9,20H2,1-2H3,(H,25,26). The molecule has 0 bridgehead atoms. The Kier molecular flexibility index (Phi) is 3.91. The van der Waals surface area contributed by atoms with E-state index < -0.39 is 5.97 Å². The SMILES string of the molecule is CC1CN(c2cc3c(cc2N)c(=O)cc(C(=O)O)n3C2CC2)CC(C)N1. The number of nitrogens with zero attached hydrogens (tertiary/aromatic N) is 2. The molecule has 1 aromatic heterocycles. The van der Waals surface area contributed by atoms with Crippen LogP contribution in [0.1, 0.15) is 43.2 Å². The van der Waals surface area contributed by atoms with Crippen LogP contribution >= 0.6 is 0 Å². The van der Waals surface area contributed by atoms with Crippen molar-refractivity contribution in [3.63, 3.8) is 0 Å². The number of nitrogen functional groups attached to an aromatic ring is 1. The van der Waals surface area contributed by atoms with Gasteiger partial charge in [-0.1, -0.05) is 0 Å². The summed E-state index contributed by atoms with van der Waals surface area (Å²) in [6.07, 6.45) is 1.86. The first-order chi connectivity index (χ1) is 12.3. The first-order valence-corrected chi connectivity index (χ1v) is 9.08. The molecule has 7 nitrogen and oxygen atoms in total. The Morgan fingerprint density at radius 1 is 1.19 bits per heavy atom. The van der Waals surface area contributed by atoms with Gasteiger partial charge >= 0.3 is 5.97 Å². The smallest absolute Gasteiger partial charge is 0.352 e. The average molecular weight is 356 g/mol. The van der Waals surface area contributed by atoms with Crippen molar-refractivity contribution in [2.24, 2.45) is 0 Å². The summed E-state index contributed by atoms with van der Waals surface area (Å²) in [6.45, 7) is 5.88. The molecule has 138 valence electrons. The van der Waals surface area contributed by atoms with Gasteiger partial charge in [-0.2, -0.15) is 0 Å². The average Bonchev–Trinajstić information content (AvgIpc) is 3.38. The first kappa shape index (κ1) is 16.9. The van der Waals surface area contributed by atoms with Crippen LogP contribution in [0.2, 0.25) is 0 Å². The predicted molar refractivity (Wildman–Crippen MR) is 102 cm³/mol. The van der Waals surface area contributed by atoms with Gasteiger partial charge in [0.25, 0.3) is 0 Å². The van der Waals surface area contributed by atoms with Gasteiger partial charge < -0.3 is 25.6 Å². The second-order valence-electron chi connectivity index (χ2n) is 7.60. The highest BCUT2D eigenvalue weighted by Crippen LogP contribution is 2.39. The van der Waals surface area contributed by atoms with Crippen molar-refractivity contribution in [2.45, 2.75) is 44.8 Å². The van der Waals surface area contributed by atoms with Crippen molar-refractivity contribution in [3.05, 3.63) is 34.1 Å². The summed E-state index contributed by atoms with van der Waals surface area (Å²) < 4.78 is 1.80. The first-order valence-electron chi connectivity index (χ1n) is 9.08. The number of carbonyl (C=O) groups is 1. The van der Waals surface area contributed by atoms with E-state index >= 15 is 0 Å². The highest BCUT2D eigenvalue weighted by molar-refractivity contribution is 5.94. The molecule has 26 heavy (non-hydrogen) atoms. The predicted octanol–water partition coefficient (Wildman–Crippen LogP) is 1.80. The summed E-state index contributed by atoms with van der Waals surface area (Å²) in [4.78, 5) is 26.4. The van der Waals surface area contributed by atoms with E-state index in [0.717, 1.165) is 31.6 Å². The Morgan fingerprint density at radius 2 is 1.85 bits per heavy atom. The Labute approximate surface area is 151 Å². The summed E-state index contributed by atoms with van der Waals surface area (Å²) >= 11 is 0. The topological polar surface area (TPSA) is 101 Å². The van der Waals surface area contributed by atoms with Crippen LogP contribution in [0.4, 0.5) is 11.4 Å². The third kappa shape index (κ3) is 2.82. The molecule has 2 aliphatic rings.